The zero-order valence-electron chi connectivity index (χ0n) is 13.6. The summed E-state index contributed by atoms with van der Waals surface area (Å²) in [6, 6.07) is 8.20. The molecule has 0 saturated carbocycles. The molecule has 2 aromatic carbocycles. The first-order valence-corrected chi connectivity index (χ1v) is 8.33. The number of carbonyl (C=O) groups excluding carboxylic acids is 2. The summed E-state index contributed by atoms with van der Waals surface area (Å²) in [5.41, 5.74) is 1.60. The first-order chi connectivity index (χ1) is 12.4. The summed E-state index contributed by atoms with van der Waals surface area (Å²) in [4.78, 5) is 23.3. The number of amides is 2. The van der Waals surface area contributed by atoms with Crippen molar-refractivity contribution in [2.75, 3.05) is 17.4 Å². The van der Waals surface area contributed by atoms with Gasteiger partial charge in [0.15, 0.2) is 11.5 Å². The number of anilines is 2. The second-order valence-corrected chi connectivity index (χ2v) is 6.25. The highest BCUT2D eigenvalue weighted by molar-refractivity contribution is 6.34. The van der Waals surface area contributed by atoms with E-state index in [9.17, 15) is 9.59 Å². The van der Waals surface area contributed by atoms with Crippen molar-refractivity contribution in [3.05, 3.63) is 52.0 Å². The Morgan fingerprint density at radius 2 is 1.88 bits per heavy atom. The Kier molecular flexibility index (Phi) is 5.35. The van der Waals surface area contributed by atoms with Gasteiger partial charge in [0.05, 0.1) is 15.7 Å². The molecule has 0 atom stereocenters. The fourth-order valence-corrected chi connectivity index (χ4v) is 2.77. The summed E-state index contributed by atoms with van der Waals surface area (Å²) in [6.07, 6.45) is 2.93. The summed E-state index contributed by atoms with van der Waals surface area (Å²) >= 11 is 12.2. The number of ether oxygens (including phenoxy) is 2. The van der Waals surface area contributed by atoms with Crippen LogP contribution in [0.15, 0.2) is 36.4 Å². The molecule has 2 amide bonds. The van der Waals surface area contributed by atoms with Gasteiger partial charge in [-0.25, -0.2) is 0 Å². The van der Waals surface area contributed by atoms with Gasteiger partial charge >= 0.3 is 0 Å². The van der Waals surface area contributed by atoms with Crippen LogP contribution in [0.4, 0.5) is 11.4 Å². The average molecular weight is 393 g/mol. The molecule has 0 fully saturated rings. The van der Waals surface area contributed by atoms with E-state index in [0.29, 0.717) is 38.5 Å². The lowest BCUT2D eigenvalue weighted by molar-refractivity contribution is -0.114. The van der Waals surface area contributed by atoms with Crippen LogP contribution in [0.5, 0.6) is 11.5 Å². The van der Waals surface area contributed by atoms with Crippen LogP contribution < -0.4 is 20.1 Å². The monoisotopic (exact) mass is 392 g/mol. The summed E-state index contributed by atoms with van der Waals surface area (Å²) in [5, 5.41) is 6.05. The van der Waals surface area contributed by atoms with Crippen LogP contribution >= 0.6 is 23.2 Å². The number of halogens is 2. The predicted molar refractivity (Wildman–Crippen MR) is 101 cm³/mol. The Morgan fingerprint density at radius 3 is 2.65 bits per heavy atom. The first kappa shape index (κ1) is 18.1. The van der Waals surface area contributed by atoms with Crippen LogP contribution in [0.25, 0.3) is 6.08 Å². The number of hydrogen-bond donors (Lipinski definition) is 2. The van der Waals surface area contributed by atoms with Crippen molar-refractivity contribution in [1.82, 2.24) is 0 Å². The molecule has 1 heterocycles. The highest BCUT2D eigenvalue weighted by atomic mass is 35.5. The third kappa shape index (κ3) is 4.28. The van der Waals surface area contributed by atoms with Crippen molar-refractivity contribution in [3.8, 4) is 11.5 Å². The Bertz CT molecular complexity index is 912. The van der Waals surface area contributed by atoms with Crippen molar-refractivity contribution >= 4 is 52.5 Å². The van der Waals surface area contributed by atoms with E-state index in [1.165, 1.54) is 13.0 Å². The number of benzene rings is 2. The van der Waals surface area contributed by atoms with Gasteiger partial charge in [-0.2, -0.15) is 0 Å². The highest BCUT2D eigenvalue weighted by Crippen LogP contribution is 2.40. The number of hydrogen-bond acceptors (Lipinski definition) is 4. The van der Waals surface area contributed by atoms with Crippen LogP contribution in [-0.2, 0) is 9.59 Å². The molecule has 134 valence electrons. The lowest BCUT2D eigenvalue weighted by Gasteiger charge is -2.08. The molecular formula is C18H14Cl2N2O4. The molecule has 2 aromatic rings. The lowest BCUT2D eigenvalue weighted by Crippen LogP contribution is -2.10. The van der Waals surface area contributed by atoms with E-state index in [-0.39, 0.29) is 18.6 Å². The number of fused-ring (bicyclic) bond motifs is 1. The maximum atomic E-state index is 12.2. The average Bonchev–Trinajstić information content (AvgIpc) is 3.05. The van der Waals surface area contributed by atoms with E-state index in [2.05, 4.69) is 10.6 Å². The standard InChI is InChI=1S/C18H14Cl2N2O4/c1-10(23)21-12-3-4-13(19)15(8-12)22-17(24)5-2-11-6-14(20)18-16(7-11)25-9-26-18/h2-8H,9H2,1H3,(H,21,23)(H,22,24)/b5-2+. The van der Waals surface area contributed by atoms with Gasteiger partial charge in [0, 0.05) is 18.7 Å². The van der Waals surface area contributed by atoms with Gasteiger partial charge in [-0.3, -0.25) is 9.59 Å². The molecule has 1 aliphatic heterocycles. The molecule has 0 spiro atoms. The van der Waals surface area contributed by atoms with E-state index in [1.807, 2.05) is 0 Å². The molecule has 0 radical (unpaired) electrons. The van der Waals surface area contributed by atoms with E-state index in [0.717, 1.165) is 0 Å². The van der Waals surface area contributed by atoms with Crippen molar-refractivity contribution in [2.45, 2.75) is 6.92 Å². The molecule has 6 nitrogen and oxygen atoms in total. The Balaban J connectivity index is 1.72. The zero-order valence-corrected chi connectivity index (χ0v) is 15.1. The smallest absolute Gasteiger partial charge is 0.248 e. The minimum atomic E-state index is -0.388. The minimum absolute atomic E-state index is 0.117. The van der Waals surface area contributed by atoms with E-state index in [4.69, 9.17) is 32.7 Å². The second kappa shape index (κ2) is 7.68. The predicted octanol–water partition coefficient (Wildman–Crippen LogP) is 4.33. The molecule has 2 N–H and O–H groups in total. The van der Waals surface area contributed by atoms with Crippen LogP contribution in [0, 0.1) is 0 Å². The van der Waals surface area contributed by atoms with Crippen molar-refractivity contribution in [2.24, 2.45) is 0 Å². The van der Waals surface area contributed by atoms with Crippen molar-refractivity contribution < 1.29 is 19.1 Å². The molecule has 26 heavy (non-hydrogen) atoms. The molecule has 0 unspecified atom stereocenters. The summed E-state index contributed by atoms with van der Waals surface area (Å²) in [6.45, 7) is 1.51. The van der Waals surface area contributed by atoms with Gasteiger partial charge < -0.3 is 20.1 Å². The van der Waals surface area contributed by atoms with Gasteiger partial charge in [0.1, 0.15) is 0 Å². The van der Waals surface area contributed by atoms with Gasteiger partial charge in [-0.05, 0) is 42.0 Å². The fraction of sp³-hybridized carbons (Fsp3) is 0.111. The molecule has 0 saturated heterocycles. The third-order valence-electron chi connectivity index (χ3n) is 3.42. The second-order valence-electron chi connectivity index (χ2n) is 5.43. The molecule has 0 bridgehead atoms. The summed E-state index contributed by atoms with van der Waals surface area (Å²) < 4.78 is 10.5. The number of nitrogens with one attached hydrogen (secondary N) is 2. The summed E-state index contributed by atoms with van der Waals surface area (Å²) in [7, 11) is 0. The fourth-order valence-electron chi connectivity index (χ4n) is 2.33. The van der Waals surface area contributed by atoms with Gasteiger partial charge in [-0.15, -0.1) is 0 Å². The summed E-state index contributed by atoms with van der Waals surface area (Å²) in [5.74, 6) is 0.420. The van der Waals surface area contributed by atoms with Crippen LogP contribution in [-0.4, -0.2) is 18.6 Å². The van der Waals surface area contributed by atoms with Gasteiger partial charge in [-0.1, -0.05) is 23.2 Å². The highest BCUT2D eigenvalue weighted by Gasteiger charge is 2.17. The first-order valence-electron chi connectivity index (χ1n) is 7.58. The van der Waals surface area contributed by atoms with Gasteiger partial charge in [0.2, 0.25) is 18.6 Å². The lowest BCUT2D eigenvalue weighted by atomic mass is 10.2. The molecule has 0 aliphatic carbocycles. The molecule has 1 aliphatic rings. The minimum Gasteiger partial charge on any atom is -0.454 e. The Labute approximate surface area is 159 Å². The van der Waals surface area contributed by atoms with E-state index < -0.39 is 0 Å². The number of rotatable bonds is 4. The third-order valence-corrected chi connectivity index (χ3v) is 4.03. The van der Waals surface area contributed by atoms with E-state index >= 15 is 0 Å². The molecule has 0 aromatic heterocycles. The Hall–Kier alpha value is -2.70. The van der Waals surface area contributed by atoms with Crippen LogP contribution in [0.2, 0.25) is 10.0 Å². The number of carbonyl (C=O) groups is 2. The maximum Gasteiger partial charge on any atom is 0.248 e. The normalized spacial score (nSPS) is 12.3. The van der Waals surface area contributed by atoms with Crippen LogP contribution in [0.1, 0.15) is 12.5 Å². The van der Waals surface area contributed by atoms with Crippen molar-refractivity contribution in [1.29, 1.82) is 0 Å². The Morgan fingerprint density at radius 1 is 1.08 bits per heavy atom. The zero-order chi connectivity index (χ0) is 18.7. The van der Waals surface area contributed by atoms with Crippen LogP contribution in [0.3, 0.4) is 0 Å². The molecule has 8 heteroatoms. The topological polar surface area (TPSA) is 76.7 Å². The molecular weight excluding hydrogens is 379 g/mol. The quantitative estimate of drug-likeness (QED) is 0.758. The molecule has 3 rings (SSSR count). The van der Waals surface area contributed by atoms with Crippen molar-refractivity contribution in [3.63, 3.8) is 0 Å². The van der Waals surface area contributed by atoms with E-state index in [1.54, 1.807) is 36.4 Å². The van der Waals surface area contributed by atoms with Gasteiger partial charge in [0.25, 0.3) is 0 Å². The SMILES string of the molecule is CC(=O)Nc1ccc(Cl)c(NC(=O)/C=C/c2cc(Cl)c3c(c2)OCO3)c1. The largest absolute Gasteiger partial charge is 0.454 e. The maximum absolute atomic E-state index is 12.2.